The van der Waals surface area contributed by atoms with Crippen LogP contribution >= 0.6 is 0 Å². The molecule has 2 atom stereocenters. The largest absolute Gasteiger partial charge is 0.385 e. The summed E-state index contributed by atoms with van der Waals surface area (Å²) in [5.41, 5.74) is 1.31. The van der Waals surface area contributed by atoms with Crippen molar-refractivity contribution in [3.05, 3.63) is 34.9 Å². The van der Waals surface area contributed by atoms with Crippen LogP contribution in [-0.4, -0.2) is 19.8 Å². The van der Waals surface area contributed by atoms with Crippen LogP contribution in [0, 0.1) is 18.3 Å². The Kier molecular flexibility index (Phi) is 2.99. The molecular weight excluding hydrogens is 258 g/mol. The van der Waals surface area contributed by atoms with Gasteiger partial charge in [-0.2, -0.15) is 5.26 Å². The summed E-state index contributed by atoms with van der Waals surface area (Å²) in [4.78, 5) is 0. The van der Waals surface area contributed by atoms with E-state index in [2.05, 4.69) is 6.07 Å². The highest BCUT2D eigenvalue weighted by Crippen LogP contribution is 2.46. The van der Waals surface area contributed by atoms with E-state index in [1.165, 1.54) is 0 Å². The van der Waals surface area contributed by atoms with Crippen LogP contribution in [0.25, 0.3) is 0 Å². The monoisotopic (exact) mass is 275 g/mol. The fourth-order valence-electron chi connectivity index (χ4n) is 3.46. The van der Waals surface area contributed by atoms with Crippen molar-refractivity contribution in [2.24, 2.45) is 0 Å². The molecule has 0 aliphatic carbocycles. The lowest BCUT2D eigenvalue weighted by molar-refractivity contribution is 0.0182. The van der Waals surface area contributed by atoms with E-state index in [0.29, 0.717) is 24.0 Å². The van der Waals surface area contributed by atoms with E-state index in [-0.39, 0.29) is 10.5 Å². The summed E-state index contributed by atoms with van der Waals surface area (Å²) < 4.78 is 12.1. The second kappa shape index (κ2) is 4.43. The zero-order valence-electron chi connectivity index (χ0n) is 10.9. The van der Waals surface area contributed by atoms with Crippen LogP contribution in [0.3, 0.4) is 0 Å². The average molecular weight is 275 g/mol. The van der Waals surface area contributed by atoms with Gasteiger partial charge in [-0.25, -0.2) is 0 Å². The van der Waals surface area contributed by atoms with E-state index in [0.717, 1.165) is 18.4 Å². The van der Waals surface area contributed by atoms with Gasteiger partial charge in [0.05, 0.1) is 17.2 Å². The van der Waals surface area contributed by atoms with Crippen molar-refractivity contribution < 1.29 is 9.32 Å². The Bertz CT molecular complexity index is 574. The lowest BCUT2D eigenvalue weighted by atomic mass is 9.83. The summed E-state index contributed by atoms with van der Waals surface area (Å²) in [6.07, 6.45) is 2.92. The van der Waals surface area contributed by atoms with Crippen LogP contribution in [0.4, 0.5) is 0 Å². The number of hydrogen-bond acceptors (Lipinski definition) is 3. The Labute approximate surface area is 115 Å². The van der Waals surface area contributed by atoms with Crippen LogP contribution in [0.5, 0.6) is 0 Å². The molecule has 0 aromatic heterocycles. The predicted molar refractivity (Wildman–Crippen MR) is 74.0 cm³/mol. The summed E-state index contributed by atoms with van der Waals surface area (Å²) in [5, 5.41) is 20.4. The molecule has 0 radical (unpaired) electrons. The molecule has 2 unspecified atom stereocenters. The summed E-state index contributed by atoms with van der Waals surface area (Å²) >= 11 is 0. The highest BCUT2D eigenvalue weighted by molar-refractivity contribution is 7.86. The lowest BCUT2D eigenvalue weighted by Crippen LogP contribution is -2.40. The minimum Gasteiger partial charge on any atom is -0.385 e. The van der Waals surface area contributed by atoms with Gasteiger partial charge in [0.2, 0.25) is 0 Å². The maximum atomic E-state index is 12.1. The number of aliphatic hydroxyl groups is 1. The standard InChI is InChI=1S/C15H17NO2S/c1-10-2-5-14(11(6-10)9-16)15(17)7-12-3-4-13(8-15)19(12)18/h2,5-6,12-13,17H,3-4,7-8H2,1H3. The van der Waals surface area contributed by atoms with Crippen LogP contribution in [0.1, 0.15) is 42.4 Å². The first-order chi connectivity index (χ1) is 9.03. The summed E-state index contributed by atoms with van der Waals surface area (Å²) in [6.45, 7) is 1.94. The predicted octanol–water partition coefficient (Wildman–Crippen LogP) is 2.13. The molecule has 1 aromatic carbocycles. The molecule has 0 saturated carbocycles. The summed E-state index contributed by atoms with van der Waals surface area (Å²) in [5.74, 6) is 0. The smallest absolute Gasteiger partial charge is 0.0995 e. The van der Waals surface area contributed by atoms with Gasteiger partial charge in [-0.05, 0) is 44.2 Å². The van der Waals surface area contributed by atoms with Gasteiger partial charge >= 0.3 is 0 Å². The second-order valence-electron chi connectivity index (χ2n) is 5.75. The van der Waals surface area contributed by atoms with E-state index in [4.69, 9.17) is 0 Å². The third-order valence-electron chi connectivity index (χ3n) is 4.40. The van der Waals surface area contributed by atoms with E-state index in [9.17, 15) is 14.6 Å². The Hall–Kier alpha value is -1.18. The Morgan fingerprint density at radius 1 is 1.37 bits per heavy atom. The third kappa shape index (κ3) is 2.01. The first-order valence-corrected chi connectivity index (χ1v) is 7.94. The van der Waals surface area contributed by atoms with E-state index >= 15 is 0 Å². The number of nitrogens with zero attached hydrogens (tertiary/aromatic N) is 1. The highest BCUT2D eigenvalue weighted by Gasteiger charge is 2.49. The molecule has 3 nitrogen and oxygen atoms in total. The van der Waals surface area contributed by atoms with E-state index in [1.807, 2.05) is 25.1 Å². The SMILES string of the molecule is Cc1ccc(C2(O)CC3CCC(C2)S3=O)c(C#N)c1. The van der Waals surface area contributed by atoms with Crippen molar-refractivity contribution in [3.8, 4) is 6.07 Å². The highest BCUT2D eigenvalue weighted by atomic mass is 32.2. The van der Waals surface area contributed by atoms with Gasteiger partial charge in [0.15, 0.2) is 0 Å². The molecule has 2 bridgehead atoms. The Morgan fingerprint density at radius 3 is 2.58 bits per heavy atom. The first kappa shape index (κ1) is 12.8. The molecule has 0 amide bonds. The Morgan fingerprint density at radius 2 is 2.00 bits per heavy atom. The number of nitriles is 1. The molecule has 4 heteroatoms. The van der Waals surface area contributed by atoms with Crippen molar-refractivity contribution in [1.29, 1.82) is 5.26 Å². The molecule has 2 aliphatic heterocycles. The number of benzene rings is 1. The zero-order chi connectivity index (χ0) is 13.6. The van der Waals surface area contributed by atoms with Gasteiger partial charge in [-0.3, -0.25) is 4.21 Å². The van der Waals surface area contributed by atoms with Crippen LogP contribution in [-0.2, 0) is 16.4 Å². The van der Waals surface area contributed by atoms with Crippen molar-refractivity contribution in [3.63, 3.8) is 0 Å². The van der Waals surface area contributed by atoms with Crippen molar-refractivity contribution in [1.82, 2.24) is 0 Å². The maximum absolute atomic E-state index is 12.1. The van der Waals surface area contributed by atoms with Gasteiger partial charge in [-0.15, -0.1) is 0 Å². The normalized spacial score (nSPS) is 37.0. The number of aryl methyl sites for hydroxylation is 1. The number of hydrogen-bond donors (Lipinski definition) is 1. The van der Waals surface area contributed by atoms with Crippen molar-refractivity contribution in [2.45, 2.75) is 48.7 Å². The molecule has 2 heterocycles. The fourth-order valence-corrected chi connectivity index (χ4v) is 5.62. The van der Waals surface area contributed by atoms with Gasteiger partial charge < -0.3 is 5.11 Å². The van der Waals surface area contributed by atoms with Gasteiger partial charge in [0, 0.05) is 26.9 Å². The van der Waals surface area contributed by atoms with Crippen molar-refractivity contribution in [2.75, 3.05) is 0 Å². The second-order valence-corrected chi connectivity index (χ2v) is 7.74. The molecule has 0 spiro atoms. The lowest BCUT2D eigenvalue weighted by Gasteiger charge is -2.36. The molecule has 2 aliphatic rings. The minimum absolute atomic E-state index is 0.0941. The number of rotatable bonds is 1. The molecule has 100 valence electrons. The van der Waals surface area contributed by atoms with Gasteiger partial charge in [0.1, 0.15) is 0 Å². The fraction of sp³-hybridized carbons (Fsp3) is 0.533. The quantitative estimate of drug-likeness (QED) is 0.854. The van der Waals surface area contributed by atoms with Crippen LogP contribution < -0.4 is 0 Å². The zero-order valence-corrected chi connectivity index (χ0v) is 11.7. The summed E-state index contributed by atoms with van der Waals surface area (Å²) in [6, 6.07) is 7.80. The van der Waals surface area contributed by atoms with Crippen LogP contribution in [0.2, 0.25) is 0 Å². The molecule has 2 fully saturated rings. The first-order valence-electron chi connectivity index (χ1n) is 6.66. The van der Waals surface area contributed by atoms with E-state index in [1.54, 1.807) is 0 Å². The van der Waals surface area contributed by atoms with Crippen molar-refractivity contribution >= 4 is 10.8 Å². The maximum Gasteiger partial charge on any atom is 0.0995 e. The average Bonchev–Trinajstić information content (AvgIpc) is 2.62. The summed E-state index contributed by atoms with van der Waals surface area (Å²) in [7, 11) is -0.795. The molecule has 2 saturated heterocycles. The Balaban J connectivity index is 2.03. The van der Waals surface area contributed by atoms with Crippen LogP contribution in [0.15, 0.2) is 18.2 Å². The molecular formula is C15H17NO2S. The third-order valence-corrected chi connectivity index (χ3v) is 6.51. The van der Waals surface area contributed by atoms with Gasteiger partial charge in [0.25, 0.3) is 0 Å². The topological polar surface area (TPSA) is 61.1 Å². The van der Waals surface area contributed by atoms with Gasteiger partial charge in [-0.1, -0.05) is 12.1 Å². The molecule has 3 rings (SSSR count). The van der Waals surface area contributed by atoms with E-state index < -0.39 is 16.4 Å². The molecule has 19 heavy (non-hydrogen) atoms. The molecule has 1 N–H and O–H groups in total. The molecule has 1 aromatic rings. The number of fused-ring (bicyclic) bond motifs is 2. The minimum atomic E-state index is -0.974.